The predicted octanol–water partition coefficient (Wildman–Crippen LogP) is 2.23. The molecule has 0 unspecified atom stereocenters. The van der Waals surface area contributed by atoms with Crippen LogP contribution in [-0.4, -0.2) is 5.91 Å². The Labute approximate surface area is 84.3 Å². The molecule has 1 N–H and O–H groups in total. The summed E-state index contributed by atoms with van der Waals surface area (Å²) < 4.78 is 0. The van der Waals surface area contributed by atoms with Gasteiger partial charge in [-0.15, -0.1) is 0 Å². The highest BCUT2D eigenvalue weighted by Gasteiger charge is 2.34. The quantitative estimate of drug-likeness (QED) is 0.721. The molecule has 74 valence electrons. The van der Waals surface area contributed by atoms with Crippen LogP contribution in [0.1, 0.15) is 42.3 Å². The van der Waals surface area contributed by atoms with Gasteiger partial charge < -0.3 is 5.32 Å². The van der Waals surface area contributed by atoms with Gasteiger partial charge in [-0.25, -0.2) is 0 Å². The van der Waals surface area contributed by atoms with Crippen LogP contribution < -0.4 is 5.32 Å². The summed E-state index contributed by atoms with van der Waals surface area (Å²) in [7, 11) is 0. The normalized spacial score (nSPS) is 17.8. The van der Waals surface area contributed by atoms with Crippen molar-refractivity contribution in [3.05, 3.63) is 34.9 Å². The Morgan fingerprint density at radius 3 is 2.71 bits per heavy atom. The van der Waals surface area contributed by atoms with Crippen molar-refractivity contribution in [1.29, 1.82) is 0 Å². The van der Waals surface area contributed by atoms with Gasteiger partial charge in [0, 0.05) is 5.56 Å². The van der Waals surface area contributed by atoms with Gasteiger partial charge in [0.25, 0.3) is 5.91 Å². The van der Waals surface area contributed by atoms with E-state index in [1.54, 1.807) is 0 Å². The molecule has 0 atom stereocenters. The molecule has 0 saturated carbocycles. The van der Waals surface area contributed by atoms with Crippen LogP contribution in [-0.2, 0) is 12.0 Å². The van der Waals surface area contributed by atoms with Crippen LogP contribution in [0.3, 0.4) is 0 Å². The molecule has 1 aromatic rings. The smallest absolute Gasteiger partial charge is 0.252 e. The number of aryl methyl sites for hydroxylation is 1. The fourth-order valence-electron chi connectivity index (χ4n) is 1.96. The molecule has 1 amide bonds. The number of rotatable bonds is 1. The number of hydrogen-bond donors (Lipinski definition) is 1. The Hall–Kier alpha value is -1.31. The van der Waals surface area contributed by atoms with Crippen molar-refractivity contribution in [2.75, 3.05) is 0 Å². The molecule has 0 spiro atoms. The van der Waals surface area contributed by atoms with Crippen LogP contribution >= 0.6 is 0 Å². The molecule has 2 heteroatoms. The summed E-state index contributed by atoms with van der Waals surface area (Å²) in [6.07, 6.45) is 0.973. The molecular formula is C12H15NO. The van der Waals surface area contributed by atoms with E-state index in [0.29, 0.717) is 0 Å². The van der Waals surface area contributed by atoms with Gasteiger partial charge in [0.15, 0.2) is 0 Å². The van der Waals surface area contributed by atoms with Crippen molar-refractivity contribution < 1.29 is 4.79 Å². The van der Waals surface area contributed by atoms with Crippen molar-refractivity contribution in [2.45, 2.75) is 32.7 Å². The van der Waals surface area contributed by atoms with E-state index >= 15 is 0 Å². The number of carbonyl (C=O) groups is 1. The predicted molar refractivity (Wildman–Crippen MR) is 56.3 cm³/mol. The van der Waals surface area contributed by atoms with Gasteiger partial charge in [0.05, 0.1) is 5.54 Å². The number of hydrogen-bond acceptors (Lipinski definition) is 1. The summed E-state index contributed by atoms with van der Waals surface area (Å²) in [5, 5.41) is 2.97. The fourth-order valence-corrected chi connectivity index (χ4v) is 1.96. The molecule has 0 saturated heterocycles. The molecular weight excluding hydrogens is 174 g/mol. The highest BCUT2D eigenvalue weighted by atomic mass is 16.2. The Bertz CT molecular complexity index is 393. The van der Waals surface area contributed by atoms with E-state index in [0.717, 1.165) is 17.5 Å². The number of fused-ring (bicyclic) bond motifs is 1. The minimum Gasteiger partial charge on any atom is -0.343 e. The lowest BCUT2D eigenvalue weighted by Crippen LogP contribution is -2.32. The molecule has 1 heterocycles. The van der Waals surface area contributed by atoms with Gasteiger partial charge in [-0.3, -0.25) is 4.79 Å². The van der Waals surface area contributed by atoms with Crippen molar-refractivity contribution in [1.82, 2.24) is 5.32 Å². The first-order valence-corrected chi connectivity index (χ1v) is 5.00. The first-order chi connectivity index (χ1) is 6.54. The third kappa shape index (κ3) is 1.22. The van der Waals surface area contributed by atoms with Crippen LogP contribution in [0.2, 0.25) is 0 Å². The average Bonchev–Trinajstić information content (AvgIpc) is 2.37. The minimum atomic E-state index is -0.210. The van der Waals surface area contributed by atoms with Crippen molar-refractivity contribution in [3.63, 3.8) is 0 Å². The third-order valence-corrected chi connectivity index (χ3v) is 2.84. The number of amides is 1. The lowest BCUT2D eigenvalue weighted by Gasteiger charge is -2.18. The lowest BCUT2D eigenvalue weighted by molar-refractivity contribution is 0.0940. The lowest BCUT2D eigenvalue weighted by atomic mass is 9.93. The van der Waals surface area contributed by atoms with Gasteiger partial charge in [0.1, 0.15) is 0 Å². The molecule has 0 bridgehead atoms. The van der Waals surface area contributed by atoms with Crippen molar-refractivity contribution >= 4 is 5.91 Å². The SMILES string of the molecule is CCc1ccc2c(c1)C(=O)NC2(C)C. The molecule has 0 fully saturated rings. The molecule has 1 aliphatic heterocycles. The highest BCUT2D eigenvalue weighted by Crippen LogP contribution is 2.30. The topological polar surface area (TPSA) is 29.1 Å². The van der Waals surface area contributed by atoms with Crippen molar-refractivity contribution in [3.8, 4) is 0 Å². The molecule has 1 aromatic carbocycles. The molecule has 0 radical (unpaired) electrons. The number of carbonyl (C=O) groups excluding carboxylic acids is 1. The van der Waals surface area contributed by atoms with Gasteiger partial charge in [0.2, 0.25) is 0 Å². The largest absolute Gasteiger partial charge is 0.343 e. The maximum atomic E-state index is 11.6. The standard InChI is InChI=1S/C12H15NO/c1-4-8-5-6-10-9(7-8)11(14)13-12(10,2)3/h5-7H,4H2,1-3H3,(H,13,14). The van der Waals surface area contributed by atoms with E-state index in [1.807, 2.05) is 19.9 Å². The zero-order valence-corrected chi connectivity index (χ0v) is 8.85. The zero-order valence-electron chi connectivity index (χ0n) is 8.85. The fraction of sp³-hybridized carbons (Fsp3) is 0.417. The molecule has 1 aliphatic rings. The number of benzene rings is 1. The third-order valence-electron chi connectivity index (χ3n) is 2.84. The Morgan fingerprint density at radius 1 is 1.36 bits per heavy atom. The van der Waals surface area contributed by atoms with E-state index < -0.39 is 0 Å². The maximum Gasteiger partial charge on any atom is 0.252 e. The molecule has 0 aromatic heterocycles. The number of nitrogens with one attached hydrogen (secondary N) is 1. The van der Waals surface area contributed by atoms with Crippen LogP contribution in [0.4, 0.5) is 0 Å². The van der Waals surface area contributed by atoms with Gasteiger partial charge in [-0.2, -0.15) is 0 Å². The molecule has 14 heavy (non-hydrogen) atoms. The van der Waals surface area contributed by atoms with E-state index in [1.165, 1.54) is 5.56 Å². The first kappa shape index (κ1) is 9.25. The van der Waals surface area contributed by atoms with Crippen molar-refractivity contribution in [2.24, 2.45) is 0 Å². The Balaban J connectivity index is 2.58. The first-order valence-electron chi connectivity index (χ1n) is 5.00. The molecule has 0 aliphatic carbocycles. The van der Waals surface area contributed by atoms with Gasteiger partial charge in [-0.1, -0.05) is 19.1 Å². The van der Waals surface area contributed by atoms with Crippen LogP contribution in [0.15, 0.2) is 18.2 Å². The van der Waals surface area contributed by atoms with Crippen LogP contribution in [0.25, 0.3) is 0 Å². The molecule has 2 nitrogen and oxygen atoms in total. The second kappa shape index (κ2) is 2.84. The summed E-state index contributed by atoms with van der Waals surface area (Å²) in [6.45, 7) is 6.16. The highest BCUT2D eigenvalue weighted by molar-refractivity contribution is 6.00. The maximum absolute atomic E-state index is 11.6. The summed E-state index contributed by atoms with van der Waals surface area (Å²) >= 11 is 0. The van der Waals surface area contributed by atoms with E-state index in [9.17, 15) is 4.79 Å². The zero-order chi connectivity index (χ0) is 10.3. The van der Waals surface area contributed by atoms with E-state index in [-0.39, 0.29) is 11.4 Å². The van der Waals surface area contributed by atoms with Crippen LogP contribution in [0.5, 0.6) is 0 Å². The van der Waals surface area contributed by atoms with Crippen LogP contribution in [0, 0.1) is 0 Å². The van der Waals surface area contributed by atoms with Gasteiger partial charge >= 0.3 is 0 Å². The van der Waals surface area contributed by atoms with E-state index in [2.05, 4.69) is 24.4 Å². The second-order valence-electron chi connectivity index (χ2n) is 4.31. The Kier molecular flexibility index (Phi) is 1.88. The second-order valence-corrected chi connectivity index (χ2v) is 4.31. The summed E-state index contributed by atoms with van der Waals surface area (Å²) in [6, 6.07) is 6.16. The summed E-state index contributed by atoms with van der Waals surface area (Å²) in [5.74, 6) is 0.0558. The molecule has 2 rings (SSSR count). The Morgan fingerprint density at radius 2 is 2.07 bits per heavy atom. The summed E-state index contributed by atoms with van der Waals surface area (Å²) in [5.41, 5.74) is 2.96. The van der Waals surface area contributed by atoms with Gasteiger partial charge in [-0.05, 0) is 37.5 Å². The minimum absolute atomic E-state index is 0.0558. The summed E-state index contributed by atoms with van der Waals surface area (Å²) in [4.78, 5) is 11.6. The average molecular weight is 189 g/mol. The van der Waals surface area contributed by atoms with E-state index in [4.69, 9.17) is 0 Å². The monoisotopic (exact) mass is 189 g/mol.